The van der Waals surface area contributed by atoms with Gasteiger partial charge >= 0.3 is 0 Å². The highest BCUT2D eigenvalue weighted by Gasteiger charge is 2.03. The van der Waals surface area contributed by atoms with Crippen molar-refractivity contribution in [3.63, 3.8) is 0 Å². The minimum atomic E-state index is 0.762. The molecule has 0 unspecified atom stereocenters. The monoisotopic (exact) mass is 257 g/mol. The molecule has 3 rings (SSSR count). The van der Waals surface area contributed by atoms with Gasteiger partial charge in [0.25, 0.3) is 0 Å². The van der Waals surface area contributed by atoms with Crippen molar-refractivity contribution in [2.75, 3.05) is 5.32 Å². The number of fused-ring (bicyclic) bond motifs is 1. The Bertz CT molecular complexity index is 653. The average Bonchev–Trinajstić information content (AvgIpc) is 2.88. The van der Waals surface area contributed by atoms with Gasteiger partial charge in [-0.1, -0.05) is 17.7 Å². The molecule has 3 aromatic rings. The number of imidazole rings is 1. The molecule has 92 valence electrons. The lowest BCUT2D eigenvalue weighted by Crippen LogP contribution is -2.01. The van der Waals surface area contributed by atoms with Gasteiger partial charge in [-0.2, -0.15) is 0 Å². The number of hydrogen-bond donors (Lipinski definition) is 1. The van der Waals surface area contributed by atoms with E-state index in [0.717, 1.165) is 17.2 Å². The molecule has 0 bridgehead atoms. The van der Waals surface area contributed by atoms with Gasteiger partial charge in [-0.15, -0.1) is 11.3 Å². The van der Waals surface area contributed by atoms with Crippen LogP contribution >= 0.6 is 11.3 Å². The molecular weight excluding hydrogens is 242 g/mol. The Morgan fingerprint density at radius 3 is 3.00 bits per heavy atom. The van der Waals surface area contributed by atoms with Crippen molar-refractivity contribution >= 4 is 22.0 Å². The first-order valence-electron chi connectivity index (χ1n) is 5.94. The predicted octanol–water partition coefficient (Wildman–Crippen LogP) is 3.62. The minimum Gasteiger partial charge on any atom is -0.379 e. The smallest absolute Gasteiger partial charge is 0.193 e. The van der Waals surface area contributed by atoms with Crippen molar-refractivity contribution in [3.05, 3.63) is 52.8 Å². The fourth-order valence-electron chi connectivity index (χ4n) is 2.06. The summed E-state index contributed by atoms with van der Waals surface area (Å²) in [5.74, 6) is 0. The third kappa shape index (κ3) is 2.11. The Balaban J connectivity index is 1.76. The number of nitrogens with one attached hydrogen (secondary N) is 1. The molecular formula is C14H15N3S. The van der Waals surface area contributed by atoms with Crippen molar-refractivity contribution in [2.24, 2.45) is 0 Å². The van der Waals surface area contributed by atoms with E-state index in [4.69, 9.17) is 0 Å². The molecule has 0 aliphatic rings. The summed E-state index contributed by atoms with van der Waals surface area (Å²) in [6.07, 6.45) is 4.11. The van der Waals surface area contributed by atoms with Gasteiger partial charge in [0.1, 0.15) is 0 Å². The van der Waals surface area contributed by atoms with Crippen LogP contribution in [0.2, 0.25) is 0 Å². The van der Waals surface area contributed by atoms with Crippen LogP contribution in [0.3, 0.4) is 0 Å². The molecule has 2 aromatic heterocycles. The van der Waals surface area contributed by atoms with Crippen molar-refractivity contribution in [3.8, 4) is 0 Å². The van der Waals surface area contributed by atoms with E-state index >= 15 is 0 Å². The Kier molecular flexibility index (Phi) is 2.80. The third-order valence-electron chi connectivity index (χ3n) is 2.99. The normalized spacial score (nSPS) is 11.0. The van der Waals surface area contributed by atoms with E-state index in [2.05, 4.69) is 52.9 Å². The maximum atomic E-state index is 4.55. The number of thiazole rings is 1. The van der Waals surface area contributed by atoms with Crippen LogP contribution in [-0.4, -0.2) is 9.38 Å². The standard InChI is InChI=1S/C14H15N3S/c1-10-3-4-13(11(2)7-10)15-8-12-9-17-5-6-18-14(17)16-12/h3-7,9,15H,8H2,1-2H3. The number of benzene rings is 1. The highest BCUT2D eigenvalue weighted by Crippen LogP contribution is 2.17. The van der Waals surface area contributed by atoms with Crippen molar-refractivity contribution in [1.82, 2.24) is 9.38 Å². The van der Waals surface area contributed by atoms with E-state index in [0.29, 0.717) is 0 Å². The molecule has 2 heterocycles. The van der Waals surface area contributed by atoms with Gasteiger partial charge in [-0.3, -0.25) is 4.40 Å². The average molecular weight is 257 g/mol. The lowest BCUT2D eigenvalue weighted by atomic mass is 10.1. The second kappa shape index (κ2) is 4.46. The molecule has 0 amide bonds. The van der Waals surface area contributed by atoms with Crippen molar-refractivity contribution in [1.29, 1.82) is 0 Å². The Morgan fingerprint density at radius 1 is 1.33 bits per heavy atom. The molecule has 0 aliphatic heterocycles. The van der Waals surface area contributed by atoms with Gasteiger partial charge in [0, 0.05) is 23.5 Å². The van der Waals surface area contributed by atoms with E-state index in [1.165, 1.54) is 16.8 Å². The van der Waals surface area contributed by atoms with E-state index in [1.54, 1.807) is 11.3 Å². The SMILES string of the molecule is Cc1ccc(NCc2cn3ccsc3n2)c(C)c1. The Morgan fingerprint density at radius 2 is 2.22 bits per heavy atom. The molecule has 0 saturated carbocycles. The molecule has 3 nitrogen and oxygen atoms in total. The predicted molar refractivity (Wildman–Crippen MR) is 76.3 cm³/mol. The van der Waals surface area contributed by atoms with Crippen LogP contribution in [0.1, 0.15) is 16.8 Å². The maximum Gasteiger partial charge on any atom is 0.193 e. The lowest BCUT2D eigenvalue weighted by molar-refractivity contribution is 1.07. The first kappa shape index (κ1) is 11.3. The molecule has 1 aromatic carbocycles. The maximum absolute atomic E-state index is 4.55. The van der Waals surface area contributed by atoms with Gasteiger partial charge in [-0.05, 0) is 25.5 Å². The van der Waals surface area contributed by atoms with Crippen LogP contribution in [0.15, 0.2) is 36.0 Å². The quantitative estimate of drug-likeness (QED) is 0.776. The number of anilines is 1. The molecule has 0 saturated heterocycles. The van der Waals surface area contributed by atoms with Crippen LogP contribution in [0, 0.1) is 13.8 Å². The summed E-state index contributed by atoms with van der Waals surface area (Å²) < 4.78 is 2.06. The lowest BCUT2D eigenvalue weighted by Gasteiger charge is -2.08. The summed E-state index contributed by atoms with van der Waals surface area (Å²) in [4.78, 5) is 5.60. The summed E-state index contributed by atoms with van der Waals surface area (Å²) in [6, 6.07) is 6.44. The number of nitrogens with zero attached hydrogens (tertiary/aromatic N) is 2. The van der Waals surface area contributed by atoms with Gasteiger partial charge in [0.2, 0.25) is 0 Å². The molecule has 0 atom stereocenters. The largest absolute Gasteiger partial charge is 0.379 e. The summed E-state index contributed by atoms with van der Waals surface area (Å²) in [7, 11) is 0. The van der Waals surface area contributed by atoms with Crippen molar-refractivity contribution in [2.45, 2.75) is 20.4 Å². The Labute approximate surface area is 110 Å². The molecule has 4 heteroatoms. The fourth-order valence-corrected chi connectivity index (χ4v) is 2.78. The topological polar surface area (TPSA) is 29.3 Å². The molecule has 0 spiro atoms. The number of aromatic nitrogens is 2. The first-order valence-corrected chi connectivity index (χ1v) is 6.82. The number of rotatable bonds is 3. The zero-order valence-corrected chi connectivity index (χ0v) is 11.3. The number of hydrogen-bond acceptors (Lipinski definition) is 3. The van der Waals surface area contributed by atoms with E-state index in [1.807, 2.05) is 11.6 Å². The highest BCUT2D eigenvalue weighted by molar-refractivity contribution is 7.15. The van der Waals surface area contributed by atoms with Crippen LogP contribution in [0.5, 0.6) is 0 Å². The second-order valence-electron chi connectivity index (χ2n) is 4.50. The van der Waals surface area contributed by atoms with Gasteiger partial charge in [0.05, 0.1) is 12.2 Å². The van der Waals surface area contributed by atoms with Crippen LogP contribution in [-0.2, 0) is 6.54 Å². The molecule has 1 N–H and O–H groups in total. The third-order valence-corrected chi connectivity index (χ3v) is 3.76. The summed E-state index contributed by atoms with van der Waals surface area (Å²) in [5.41, 5.74) is 4.82. The van der Waals surface area contributed by atoms with Gasteiger partial charge in [-0.25, -0.2) is 4.98 Å². The van der Waals surface area contributed by atoms with Crippen LogP contribution < -0.4 is 5.32 Å². The van der Waals surface area contributed by atoms with E-state index < -0.39 is 0 Å². The van der Waals surface area contributed by atoms with Gasteiger partial charge < -0.3 is 5.32 Å². The summed E-state index contributed by atoms with van der Waals surface area (Å²) in [6.45, 7) is 5.00. The van der Waals surface area contributed by atoms with Crippen molar-refractivity contribution < 1.29 is 0 Å². The zero-order valence-electron chi connectivity index (χ0n) is 10.5. The van der Waals surface area contributed by atoms with E-state index in [9.17, 15) is 0 Å². The molecule has 0 fully saturated rings. The molecule has 18 heavy (non-hydrogen) atoms. The summed E-state index contributed by atoms with van der Waals surface area (Å²) in [5, 5.41) is 5.48. The highest BCUT2D eigenvalue weighted by atomic mass is 32.1. The second-order valence-corrected chi connectivity index (χ2v) is 5.37. The first-order chi connectivity index (χ1) is 8.72. The van der Waals surface area contributed by atoms with Crippen LogP contribution in [0.4, 0.5) is 5.69 Å². The van der Waals surface area contributed by atoms with Gasteiger partial charge in [0.15, 0.2) is 4.96 Å². The molecule has 0 aliphatic carbocycles. The zero-order chi connectivity index (χ0) is 12.5. The molecule has 0 radical (unpaired) electrons. The Hall–Kier alpha value is -1.81. The van der Waals surface area contributed by atoms with Crippen LogP contribution in [0.25, 0.3) is 4.96 Å². The number of aryl methyl sites for hydroxylation is 2. The fraction of sp³-hybridized carbons (Fsp3) is 0.214. The van der Waals surface area contributed by atoms with E-state index in [-0.39, 0.29) is 0 Å². The minimum absolute atomic E-state index is 0.762. The summed E-state index contributed by atoms with van der Waals surface area (Å²) >= 11 is 1.66.